The molecule has 2 aromatic rings. The molecular weight excluding hydrogens is 268 g/mol. The van der Waals surface area contributed by atoms with Crippen LogP contribution in [0.5, 0.6) is 0 Å². The highest BCUT2D eigenvalue weighted by molar-refractivity contribution is 8.00. The molecule has 0 bridgehead atoms. The number of likely N-dealkylation sites (N-methyl/N-ethyl adjacent to an activating group) is 1. The lowest BCUT2D eigenvalue weighted by Gasteiger charge is -2.16. The number of hydrogen-bond donors (Lipinski definition) is 0. The number of carbonyl (C=O) groups is 1. The third-order valence-corrected chi connectivity index (χ3v) is 4.01. The molecule has 0 aliphatic heterocycles. The number of amides is 1. The molecule has 20 heavy (non-hydrogen) atoms. The second-order valence-electron chi connectivity index (χ2n) is 4.52. The number of thioether (sulfide) groups is 1. The highest BCUT2D eigenvalue weighted by Crippen LogP contribution is 2.17. The number of pyridine rings is 1. The molecule has 0 atom stereocenters. The molecule has 3 nitrogen and oxygen atoms in total. The summed E-state index contributed by atoms with van der Waals surface area (Å²) in [5.41, 5.74) is 1.20. The molecule has 0 N–H and O–H groups in total. The lowest BCUT2D eigenvalue weighted by molar-refractivity contribution is -0.127. The van der Waals surface area contributed by atoms with Gasteiger partial charge in [0, 0.05) is 30.9 Å². The summed E-state index contributed by atoms with van der Waals surface area (Å²) in [7, 11) is 1.86. The molecule has 1 aromatic carbocycles. The van der Waals surface area contributed by atoms with E-state index in [-0.39, 0.29) is 5.91 Å². The van der Waals surface area contributed by atoms with Gasteiger partial charge in [-0.05, 0) is 36.2 Å². The fraction of sp³-hybridized carbons (Fsp3) is 0.250. The lowest BCUT2D eigenvalue weighted by atomic mass is 10.2. The largest absolute Gasteiger partial charge is 0.345 e. The van der Waals surface area contributed by atoms with Crippen molar-refractivity contribution in [2.24, 2.45) is 0 Å². The Morgan fingerprint density at radius 2 is 1.85 bits per heavy atom. The van der Waals surface area contributed by atoms with Gasteiger partial charge in [0.1, 0.15) is 0 Å². The van der Waals surface area contributed by atoms with Crippen LogP contribution >= 0.6 is 11.8 Å². The number of hydrogen-bond acceptors (Lipinski definition) is 3. The number of nitrogens with zero attached hydrogens (tertiary/aromatic N) is 2. The van der Waals surface area contributed by atoms with Gasteiger partial charge in [-0.25, -0.2) is 0 Å². The summed E-state index contributed by atoms with van der Waals surface area (Å²) in [5, 5.41) is 0. The van der Waals surface area contributed by atoms with E-state index in [0.29, 0.717) is 5.75 Å². The molecule has 1 aromatic heterocycles. The molecule has 4 heteroatoms. The van der Waals surface area contributed by atoms with Gasteiger partial charge in [0.2, 0.25) is 5.91 Å². The molecule has 0 aliphatic rings. The van der Waals surface area contributed by atoms with Gasteiger partial charge in [-0.3, -0.25) is 9.78 Å². The Morgan fingerprint density at radius 3 is 2.55 bits per heavy atom. The molecule has 104 valence electrons. The van der Waals surface area contributed by atoms with E-state index >= 15 is 0 Å². The first-order chi connectivity index (χ1) is 9.75. The maximum absolute atomic E-state index is 12.0. The van der Waals surface area contributed by atoms with Crippen LogP contribution < -0.4 is 0 Å². The smallest absolute Gasteiger partial charge is 0.232 e. The van der Waals surface area contributed by atoms with Gasteiger partial charge in [-0.15, -0.1) is 11.8 Å². The standard InChI is InChI=1S/C16H18N2OS/c1-18(12-9-14-7-10-17-11-8-14)16(19)13-20-15-5-3-2-4-6-15/h2-8,10-11H,9,12-13H2,1H3. The van der Waals surface area contributed by atoms with Crippen LogP contribution in [0.25, 0.3) is 0 Å². The van der Waals surface area contributed by atoms with Crippen molar-refractivity contribution in [3.05, 3.63) is 60.4 Å². The minimum Gasteiger partial charge on any atom is -0.345 e. The Labute approximate surface area is 124 Å². The van der Waals surface area contributed by atoms with E-state index in [4.69, 9.17) is 0 Å². The van der Waals surface area contributed by atoms with Crippen molar-refractivity contribution in [2.45, 2.75) is 11.3 Å². The van der Waals surface area contributed by atoms with Crippen molar-refractivity contribution >= 4 is 17.7 Å². The molecular formula is C16H18N2OS. The van der Waals surface area contributed by atoms with E-state index < -0.39 is 0 Å². The average molecular weight is 286 g/mol. The lowest BCUT2D eigenvalue weighted by Crippen LogP contribution is -2.30. The van der Waals surface area contributed by atoms with Crippen LogP contribution in [-0.4, -0.2) is 35.1 Å². The van der Waals surface area contributed by atoms with Crippen LogP contribution in [0.3, 0.4) is 0 Å². The van der Waals surface area contributed by atoms with Gasteiger partial charge < -0.3 is 4.90 Å². The summed E-state index contributed by atoms with van der Waals surface area (Å²) in [5.74, 6) is 0.643. The van der Waals surface area contributed by atoms with Crippen LogP contribution in [0.2, 0.25) is 0 Å². The van der Waals surface area contributed by atoms with Crippen LogP contribution in [-0.2, 0) is 11.2 Å². The molecule has 0 unspecified atom stereocenters. The topological polar surface area (TPSA) is 33.2 Å². The average Bonchev–Trinajstić information content (AvgIpc) is 2.52. The molecule has 1 amide bonds. The fourth-order valence-electron chi connectivity index (χ4n) is 1.74. The third-order valence-electron chi connectivity index (χ3n) is 3.02. The molecule has 0 aliphatic carbocycles. The highest BCUT2D eigenvalue weighted by atomic mass is 32.2. The van der Waals surface area contributed by atoms with E-state index in [0.717, 1.165) is 17.9 Å². The van der Waals surface area contributed by atoms with Gasteiger partial charge in [-0.2, -0.15) is 0 Å². The number of carbonyl (C=O) groups excluding carboxylic acids is 1. The predicted molar refractivity (Wildman–Crippen MR) is 82.7 cm³/mol. The van der Waals surface area contributed by atoms with Gasteiger partial charge in [0.15, 0.2) is 0 Å². The monoisotopic (exact) mass is 286 g/mol. The minimum absolute atomic E-state index is 0.160. The van der Waals surface area contributed by atoms with Crippen LogP contribution in [0.1, 0.15) is 5.56 Å². The first-order valence-electron chi connectivity index (χ1n) is 6.56. The SMILES string of the molecule is CN(CCc1ccncc1)C(=O)CSc1ccccc1. The van der Waals surface area contributed by atoms with Crippen molar-refractivity contribution in [3.8, 4) is 0 Å². The maximum Gasteiger partial charge on any atom is 0.232 e. The van der Waals surface area contributed by atoms with Gasteiger partial charge in [-0.1, -0.05) is 18.2 Å². The zero-order valence-corrected chi connectivity index (χ0v) is 12.3. The van der Waals surface area contributed by atoms with Crippen LogP contribution in [0, 0.1) is 0 Å². The summed E-state index contributed by atoms with van der Waals surface area (Å²) in [6.45, 7) is 0.734. The first kappa shape index (κ1) is 14.6. The predicted octanol–water partition coefficient (Wildman–Crippen LogP) is 2.87. The molecule has 1 heterocycles. The molecule has 0 spiro atoms. The van der Waals surface area contributed by atoms with Gasteiger partial charge >= 0.3 is 0 Å². The molecule has 0 saturated carbocycles. The zero-order valence-electron chi connectivity index (χ0n) is 11.5. The van der Waals surface area contributed by atoms with Crippen LogP contribution in [0.15, 0.2) is 59.8 Å². The Balaban J connectivity index is 1.75. The van der Waals surface area contributed by atoms with Crippen molar-refractivity contribution in [1.29, 1.82) is 0 Å². The van der Waals surface area contributed by atoms with Crippen molar-refractivity contribution in [1.82, 2.24) is 9.88 Å². The van der Waals surface area contributed by atoms with Crippen molar-refractivity contribution in [3.63, 3.8) is 0 Å². The number of aromatic nitrogens is 1. The Bertz CT molecular complexity index is 531. The summed E-state index contributed by atoms with van der Waals surface area (Å²) in [6, 6.07) is 14.0. The van der Waals surface area contributed by atoms with Crippen molar-refractivity contribution < 1.29 is 4.79 Å². The summed E-state index contributed by atoms with van der Waals surface area (Å²) < 4.78 is 0. The van der Waals surface area contributed by atoms with E-state index in [1.165, 1.54) is 5.56 Å². The molecule has 0 radical (unpaired) electrons. The number of benzene rings is 1. The Hall–Kier alpha value is -1.81. The summed E-state index contributed by atoms with van der Waals surface area (Å²) >= 11 is 1.58. The number of rotatable bonds is 6. The van der Waals surface area contributed by atoms with Crippen molar-refractivity contribution in [2.75, 3.05) is 19.3 Å². The van der Waals surface area contributed by atoms with Crippen LogP contribution in [0.4, 0.5) is 0 Å². The first-order valence-corrected chi connectivity index (χ1v) is 7.55. The van der Waals surface area contributed by atoms with E-state index in [1.54, 1.807) is 29.1 Å². The molecule has 0 fully saturated rings. The Morgan fingerprint density at radius 1 is 1.15 bits per heavy atom. The summed E-state index contributed by atoms with van der Waals surface area (Å²) in [4.78, 5) is 18.9. The second kappa shape index (κ2) is 7.70. The normalized spacial score (nSPS) is 10.2. The minimum atomic E-state index is 0.160. The van der Waals surface area contributed by atoms with Gasteiger partial charge in [0.05, 0.1) is 5.75 Å². The fourth-order valence-corrected chi connectivity index (χ4v) is 2.60. The van der Waals surface area contributed by atoms with E-state index in [1.807, 2.05) is 49.5 Å². The summed E-state index contributed by atoms with van der Waals surface area (Å²) in [6.07, 6.45) is 4.42. The molecule has 0 saturated heterocycles. The zero-order chi connectivity index (χ0) is 14.2. The van der Waals surface area contributed by atoms with E-state index in [9.17, 15) is 4.79 Å². The maximum atomic E-state index is 12.0. The van der Waals surface area contributed by atoms with Gasteiger partial charge in [0.25, 0.3) is 0 Å². The second-order valence-corrected chi connectivity index (χ2v) is 5.57. The third kappa shape index (κ3) is 4.70. The Kier molecular flexibility index (Phi) is 5.62. The highest BCUT2D eigenvalue weighted by Gasteiger charge is 2.09. The molecule has 2 rings (SSSR count). The van der Waals surface area contributed by atoms with E-state index in [2.05, 4.69) is 4.98 Å². The quantitative estimate of drug-likeness (QED) is 0.766.